The molecule has 5 aliphatic rings. The summed E-state index contributed by atoms with van der Waals surface area (Å²) in [5, 5.41) is 51.0. The van der Waals surface area contributed by atoms with E-state index in [1.807, 2.05) is 0 Å². The number of halogens is 1. The van der Waals surface area contributed by atoms with Gasteiger partial charge in [-0.1, -0.05) is 18.2 Å². The van der Waals surface area contributed by atoms with Crippen LogP contribution >= 0.6 is 0 Å². The topological polar surface area (TPSA) is 172 Å². The molecule has 0 aromatic heterocycles. The van der Waals surface area contributed by atoms with Crippen LogP contribution in [0.1, 0.15) is 30.1 Å². The van der Waals surface area contributed by atoms with Crippen molar-refractivity contribution in [2.45, 2.75) is 67.8 Å². The molecule has 5 fully saturated rings. The number of aliphatic hydroxyl groups is 5. The van der Waals surface area contributed by atoms with Gasteiger partial charge in [-0.05, 0) is 25.5 Å². The molecule has 0 radical (unpaired) electrons. The second kappa shape index (κ2) is 10.4. The van der Waals surface area contributed by atoms with Gasteiger partial charge in [-0.2, -0.15) is 0 Å². The van der Waals surface area contributed by atoms with Crippen LogP contribution in [0.25, 0.3) is 0 Å². The normalized spacial score (nSPS) is 44.4. The van der Waals surface area contributed by atoms with Gasteiger partial charge in [-0.25, -0.2) is 4.79 Å². The number of carbonyl (C=O) groups is 2. The van der Waals surface area contributed by atoms with Crippen LogP contribution in [0.3, 0.4) is 0 Å². The Morgan fingerprint density at radius 2 is 1.75 bits per heavy atom. The van der Waals surface area contributed by atoms with Crippen LogP contribution in [-0.4, -0.2) is 98.7 Å². The molecule has 2 unspecified atom stereocenters. The Hall–Kier alpha value is -0.830. The third-order valence-corrected chi connectivity index (χ3v) is 8.07. The number of aliphatic hydroxyl groups excluding tert-OH is 5. The second-order valence-electron chi connectivity index (χ2n) is 9.76. The van der Waals surface area contributed by atoms with Crippen molar-refractivity contribution in [1.82, 2.24) is 0 Å². The van der Waals surface area contributed by atoms with Crippen molar-refractivity contribution < 1.29 is 96.0 Å². The summed E-state index contributed by atoms with van der Waals surface area (Å²) in [7, 11) is 0. The van der Waals surface area contributed by atoms with Gasteiger partial charge in [0, 0.05) is 12.3 Å². The molecule has 36 heavy (non-hydrogen) atoms. The summed E-state index contributed by atoms with van der Waals surface area (Å²) in [5.74, 6) is -2.00. The predicted octanol–water partition coefficient (Wildman–Crippen LogP) is -7.51. The quantitative estimate of drug-likeness (QED) is 0.172. The number of carbonyl (C=O) groups excluding carboxylic acids is 2. The zero-order valence-corrected chi connectivity index (χ0v) is 22.6. The number of hydrogen-bond acceptors (Lipinski definition) is 11. The number of benzene rings is 1. The van der Waals surface area contributed by atoms with Crippen molar-refractivity contribution >= 4 is 11.9 Å². The van der Waals surface area contributed by atoms with Crippen LogP contribution in [0, 0.1) is 11.3 Å². The molecule has 10 atom stereocenters. The minimum absolute atomic E-state index is 0. The van der Waals surface area contributed by atoms with Crippen molar-refractivity contribution in [3.63, 3.8) is 0 Å². The third-order valence-electron chi connectivity index (χ3n) is 8.07. The van der Waals surface area contributed by atoms with E-state index in [1.165, 1.54) is 0 Å². The first kappa shape index (κ1) is 29.7. The maximum atomic E-state index is 13.2. The molecule has 194 valence electrons. The second-order valence-corrected chi connectivity index (χ2v) is 9.76. The summed E-state index contributed by atoms with van der Waals surface area (Å²) in [5.41, 5.74) is -4.08. The zero-order chi connectivity index (χ0) is 24.5. The van der Waals surface area contributed by atoms with Crippen molar-refractivity contribution in [3.05, 3.63) is 35.9 Å². The molecule has 2 heterocycles. The van der Waals surface area contributed by atoms with E-state index in [1.54, 1.807) is 37.3 Å². The summed E-state index contributed by atoms with van der Waals surface area (Å²) in [6.07, 6.45) is -8.41. The molecular formula is C23H28ClNaO11. The van der Waals surface area contributed by atoms with Gasteiger partial charge in [0.1, 0.15) is 47.6 Å². The molecule has 1 aromatic carbocycles. The Bertz CT molecular complexity index is 982. The number of rotatable bonds is 6. The zero-order valence-electron chi connectivity index (χ0n) is 19.8. The summed E-state index contributed by atoms with van der Waals surface area (Å²) >= 11 is 0. The number of hydrogen-bond donors (Lipinski definition) is 5. The summed E-state index contributed by atoms with van der Waals surface area (Å²) in [6.45, 7) is 0.508. The Balaban J connectivity index is 0.00000180. The van der Waals surface area contributed by atoms with Crippen LogP contribution in [0.2, 0.25) is 0 Å². The first-order valence-corrected chi connectivity index (χ1v) is 11.2. The molecule has 3 saturated carbocycles. The Morgan fingerprint density at radius 1 is 1.08 bits per heavy atom. The van der Waals surface area contributed by atoms with Crippen LogP contribution in [0.4, 0.5) is 0 Å². The predicted molar refractivity (Wildman–Crippen MR) is 110 cm³/mol. The summed E-state index contributed by atoms with van der Waals surface area (Å²) in [4.78, 5) is 25.9. The molecule has 0 amide bonds. The fraction of sp³-hybridized carbons (Fsp3) is 0.652. The van der Waals surface area contributed by atoms with Gasteiger partial charge in [0.25, 0.3) is 0 Å². The summed E-state index contributed by atoms with van der Waals surface area (Å²) in [6, 6.07) is 8.20. The van der Waals surface area contributed by atoms with E-state index >= 15 is 0 Å². The average Bonchev–Trinajstić information content (AvgIpc) is 2.88. The fourth-order valence-corrected chi connectivity index (χ4v) is 6.19. The first-order chi connectivity index (χ1) is 16.1. The van der Waals surface area contributed by atoms with Crippen LogP contribution < -0.4 is 42.0 Å². The molecule has 6 rings (SSSR count). The van der Waals surface area contributed by atoms with Gasteiger partial charge in [-0.3, -0.25) is 4.79 Å². The van der Waals surface area contributed by atoms with E-state index in [9.17, 15) is 35.1 Å². The van der Waals surface area contributed by atoms with E-state index in [2.05, 4.69) is 0 Å². The van der Waals surface area contributed by atoms with Gasteiger partial charge >= 0.3 is 41.5 Å². The SMILES string of the molecule is C[C@]12C[C@@H](O)C3C[C@@]1(O[C@@H]1O[C@H](CO)[C@@H](O)[C@H](O)[C@H]1O)C3(COC(=O)c1ccccc1)C(=O)O2.[Cl-].[Na+]. The van der Waals surface area contributed by atoms with Crippen molar-refractivity contribution in [1.29, 1.82) is 0 Å². The molecule has 3 aliphatic carbocycles. The molecule has 4 bridgehead atoms. The van der Waals surface area contributed by atoms with Gasteiger partial charge in [0.15, 0.2) is 6.29 Å². The molecule has 11 nitrogen and oxygen atoms in total. The van der Waals surface area contributed by atoms with Gasteiger partial charge in [0.05, 0.1) is 18.3 Å². The Morgan fingerprint density at radius 3 is 2.39 bits per heavy atom. The molecule has 0 spiro atoms. The molecule has 2 aliphatic heterocycles. The average molecular weight is 539 g/mol. The van der Waals surface area contributed by atoms with Gasteiger partial charge in [0.2, 0.25) is 0 Å². The smallest absolute Gasteiger partial charge is 1.00 e. The standard InChI is InChI=1S/C23H28O11.ClH.Na/c1-21-8-13(25)12-7-23(21,33-19-17(28)16(27)15(26)14(9-24)32-19)22(12,20(30)34-21)10-31-18(29)11-5-3-2-4-6-11;;/h2-6,12-17,19,24-28H,7-10H2,1H3;1H;/q;;+1/p-1/t12?,13-,14-,15-,16+,17-,19+,21+,22?,23+;;/m1../s1. The Labute approximate surface area is 235 Å². The fourth-order valence-electron chi connectivity index (χ4n) is 6.19. The molecule has 5 N–H and O–H groups in total. The maximum absolute atomic E-state index is 13.2. The maximum Gasteiger partial charge on any atom is 1.00 e. The van der Waals surface area contributed by atoms with Crippen molar-refractivity contribution in [2.24, 2.45) is 11.3 Å². The molecule has 13 heteroatoms. The van der Waals surface area contributed by atoms with E-state index in [-0.39, 0.29) is 60.4 Å². The number of ether oxygens (including phenoxy) is 4. The van der Waals surface area contributed by atoms with Crippen LogP contribution in [0.5, 0.6) is 0 Å². The minimum atomic E-state index is -1.69. The molecule has 2 saturated heterocycles. The van der Waals surface area contributed by atoms with Crippen molar-refractivity contribution in [3.8, 4) is 0 Å². The van der Waals surface area contributed by atoms with Gasteiger partial charge in [-0.15, -0.1) is 0 Å². The van der Waals surface area contributed by atoms with Crippen LogP contribution in [-0.2, 0) is 23.7 Å². The van der Waals surface area contributed by atoms with E-state index in [4.69, 9.17) is 18.9 Å². The summed E-state index contributed by atoms with van der Waals surface area (Å²) < 4.78 is 22.9. The van der Waals surface area contributed by atoms with E-state index < -0.39 is 84.5 Å². The minimum Gasteiger partial charge on any atom is -1.00 e. The van der Waals surface area contributed by atoms with E-state index in [0.29, 0.717) is 0 Å². The van der Waals surface area contributed by atoms with E-state index in [0.717, 1.165) is 0 Å². The Kier molecular flexibility index (Phi) is 8.57. The molecule has 1 aromatic rings. The monoisotopic (exact) mass is 538 g/mol. The third kappa shape index (κ3) is 3.95. The van der Waals surface area contributed by atoms with Gasteiger partial charge < -0.3 is 56.9 Å². The number of esters is 2. The number of fused-ring (bicyclic) bond motifs is 1. The first-order valence-electron chi connectivity index (χ1n) is 11.2. The van der Waals surface area contributed by atoms with Crippen molar-refractivity contribution in [2.75, 3.05) is 13.2 Å². The van der Waals surface area contributed by atoms with Crippen LogP contribution in [0.15, 0.2) is 30.3 Å². The largest absolute Gasteiger partial charge is 1.00 e. The molecular weight excluding hydrogens is 511 g/mol.